The minimum absolute atomic E-state index is 0.445. The Morgan fingerprint density at radius 3 is 2.03 bits per heavy atom. The van der Waals surface area contributed by atoms with Gasteiger partial charge in [0, 0.05) is 32.7 Å². The highest BCUT2D eigenvalue weighted by Gasteiger charge is 2.40. The Kier molecular flexibility index (Phi) is 5.68. The standard InChI is InChI=1S/C20H23F5N2O2/c21-15-16(22)18(24)20(19(25)17(15)23)29-10-14(28)27-5-3-26(4-6-27)9-13-8-11-1-2-12(13)7-11/h11-13H,1-10H2. The Bertz CT molecular complexity index is 769. The maximum absolute atomic E-state index is 13.6. The lowest BCUT2D eigenvalue weighted by molar-refractivity contribution is -0.135. The van der Waals surface area contributed by atoms with Gasteiger partial charge in [-0.2, -0.15) is 8.78 Å². The third-order valence-electron chi connectivity index (χ3n) is 6.61. The first-order valence-electron chi connectivity index (χ1n) is 9.99. The topological polar surface area (TPSA) is 32.8 Å². The van der Waals surface area contributed by atoms with Gasteiger partial charge in [-0.05, 0) is 37.0 Å². The first-order valence-corrected chi connectivity index (χ1v) is 9.99. The van der Waals surface area contributed by atoms with E-state index in [0.29, 0.717) is 26.2 Å². The average molecular weight is 418 g/mol. The molecule has 3 unspecified atom stereocenters. The molecule has 2 saturated carbocycles. The van der Waals surface area contributed by atoms with Crippen LogP contribution >= 0.6 is 0 Å². The van der Waals surface area contributed by atoms with Crippen molar-refractivity contribution in [3.8, 4) is 5.75 Å². The van der Waals surface area contributed by atoms with E-state index in [9.17, 15) is 26.7 Å². The van der Waals surface area contributed by atoms with Gasteiger partial charge in [0.15, 0.2) is 12.4 Å². The van der Waals surface area contributed by atoms with Crippen molar-refractivity contribution in [3.05, 3.63) is 29.1 Å². The molecule has 3 atom stereocenters. The lowest BCUT2D eigenvalue weighted by Gasteiger charge is -2.37. The van der Waals surface area contributed by atoms with E-state index in [-0.39, 0.29) is 0 Å². The predicted octanol–water partition coefficient (Wildman–Crippen LogP) is 3.34. The van der Waals surface area contributed by atoms with E-state index in [1.54, 1.807) is 0 Å². The number of carbonyl (C=O) groups is 1. The molecule has 160 valence electrons. The fourth-order valence-corrected chi connectivity index (χ4v) is 5.05. The van der Waals surface area contributed by atoms with E-state index in [1.165, 1.54) is 30.6 Å². The molecule has 1 aromatic carbocycles. The summed E-state index contributed by atoms with van der Waals surface area (Å²) in [4.78, 5) is 16.1. The summed E-state index contributed by atoms with van der Waals surface area (Å²) in [5.41, 5.74) is 0. The summed E-state index contributed by atoms with van der Waals surface area (Å²) in [6, 6.07) is 0. The number of halogens is 5. The number of carbonyl (C=O) groups excluding carboxylic acids is 1. The Morgan fingerprint density at radius 2 is 1.48 bits per heavy atom. The van der Waals surface area contributed by atoms with E-state index >= 15 is 0 Å². The number of hydrogen-bond donors (Lipinski definition) is 0. The summed E-state index contributed by atoms with van der Waals surface area (Å²) in [7, 11) is 0. The zero-order valence-electron chi connectivity index (χ0n) is 15.9. The van der Waals surface area contributed by atoms with Gasteiger partial charge in [-0.3, -0.25) is 9.69 Å². The number of hydrogen-bond acceptors (Lipinski definition) is 3. The molecule has 2 aliphatic carbocycles. The molecule has 3 fully saturated rings. The molecule has 2 bridgehead atoms. The maximum atomic E-state index is 13.6. The molecular weight excluding hydrogens is 395 g/mol. The van der Waals surface area contributed by atoms with Crippen LogP contribution in [0.3, 0.4) is 0 Å². The highest BCUT2D eigenvalue weighted by molar-refractivity contribution is 5.77. The lowest BCUT2D eigenvalue weighted by Crippen LogP contribution is -2.51. The molecule has 0 aromatic heterocycles. The van der Waals surface area contributed by atoms with Gasteiger partial charge in [-0.25, -0.2) is 13.2 Å². The molecule has 3 aliphatic rings. The highest BCUT2D eigenvalue weighted by atomic mass is 19.2. The van der Waals surface area contributed by atoms with Crippen molar-refractivity contribution in [2.24, 2.45) is 17.8 Å². The van der Waals surface area contributed by atoms with Crippen LogP contribution in [0.5, 0.6) is 5.75 Å². The number of nitrogens with zero attached hydrogens (tertiary/aromatic N) is 2. The molecular formula is C20H23F5N2O2. The number of benzene rings is 1. The Hall–Kier alpha value is -1.90. The van der Waals surface area contributed by atoms with Crippen LogP contribution in [-0.2, 0) is 4.79 Å². The van der Waals surface area contributed by atoms with Crippen molar-refractivity contribution in [2.45, 2.75) is 25.7 Å². The Morgan fingerprint density at radius 1 is 0.862 bits per heavy atom. The van der Waals surface area contributed by atoms with Crippen LogP contribution < -0.4 is 4.74 Å². The zero-order valence-corrected chi connectivity index (χ0v) is 15.9. The van der Waals surface area contributed by atoms with Crippen LogP contribution in [-0.4, -0.2) is 55.0 Å². The smallest absolute Gasteiger partial charge is 0.260 e. The molecule has 9 heteroatoms. The number of piperazine rings is 1. The molecule has 1 aliphatic heterocycles. The van der Waals surface area contributed by atoms with Crippen molar-refractivity contribution >= 4 is 5.91 Å². The van der Waals surface area contributed by atoms with Crippen LogP contribution in [0.25, 0.3) is 0 Å². The molecule has 1 saturated heterocycles. The average Bonchev–Trinajstić information content (AvgIpc) is 3.34. The van der Waals surface area contributed by atoms with Gasteiger partial charge < -0.3 is 9.64 Å². The fraction of sp³-hybridized carbons (Fsp3) is 0.650. The van der Waals surface area contributed by atoms with Gasteiger partial charge in [0.1, 0.15) is 0 Å². The highest BCUT2D eigenvalue weighted by Crippen LogP contribution is 2.48. The van der Waals surface area contributed by atoms with Gasteiger partial charge in [0.05, 0.1) is 0 Å². The van der Waals surface area contributed by atoms with E-state index in [4.69, 9.17) is 0 Å². The number of rotatable bonds is 5. The summed E-state index contributed by atoms with van der Waals surface area (Å²) < 4.78 is 71.4. The minimum atomic E-state index is -2.26. The molecule has 1 amide bonds. The monoisotopic (exact) mass is 418 g/mol. The Balaban J connectivity index is 1.27. The molecule has 0 radical (unpaired) electrons. The minimum Gasteiger partial charge on any atom is -0.477 e. The summed E-state index contributed by atoms with van der Waals surface area (Å²) in [5, 5.41) is 0. The van der Waals surface area contributed by atoms with Crippen LogP contribution in [0.1, 0.15) is 25.7 Å². The van der Waals surface area contributed by atoms with Crippen LogP contribution in [0, 0.1) is 46.8 Å². The summed E-state index contributed by atoms with van der Waals surface area (Å²) in [5.74, 6) is -10.1. The SMILES string of the molecule is O=C(COc1c(F)c(F)c(F)c(F)c1F)N1CCN(CC2CC3CCC2C3)CC1. The second-order valence-corrected chi connectivity index (χ2v) is 8.30. The Labute approximate surface area is 165 Å². The number of amides is 1. The largest absolute Gasteiger partial charge is 0.477 e. The predicted molar refractivity (Wildman–Crippen MR) is 93.7 cm³/mol. The first kappa shape index (κ1) is 20.4. The lowest BCUT2D eigenvalue weighted by atomic mass is 9.88. The fourth-order valence-electron chi connectivity index (χ4n) is 5.05. The summed E-state index contributed by atoms with van der Waals surface area (Å²) >= 11 is 0. The van der Waals surface area contributed by atoms with E-state index < -0.39 is 47.3 Å². The van der Waals surface area contributed by atoms with Crippen molar-refractivity contribution < 1.29 is 31.5 Å². The molecule has 4 nitrogen and oxygen atoms in total. The molecule has 1 aromatic rings. The molecule has 29 heavy (non-hydrogen) atoms. The van der Waals surface area contributed by atoms with E-state index in [2.05, 4.69) is 9.64 Å². The van der Waals surface area contributed by atoms with Crippen molar-refractivity contribution in [3.63, 3.8) is 0 Å². The van der Waals surface area contributed by atoms with Crippen LogP contribution in [0.2, 0.25) is 0 Å². The molecule has 1 heterocycles. The second kappa shape index (κ2) is 8.08. The number of ether oxygens (including phenoxy) is 1. The van der Waals surface area contributed by atoms with Crippen molar-refractivity contribution in [1.82, 2.24) is 9.80 Å². The normalized spacial score (nSPS) is 26.9. The van der Waals surface area contributed by atoms with Crippen LogP contribution in [0.4, 0.5) is 22.0 Å². The van der Waals surface area contributed by atoms with E-state index in [0.717, 1.165) is 24.3 Å². The maximum Gasteiger partial charge on any atom is 0.260 e. The van der Waals surface area contributed by atoms with Gasteiger partial charge in [-0.1, -0.05) is 6.42 Å². The number of fused-ring (bicyclic) bond motifs is 2. The summed E-state index contributed by atoms with van der Waals surface area (Å²) in [6.45, 7) is 2.53. The van der Waals surface area contributed by atoms with Gasteiger partial charge in [0.25, 0.3) is 5.91 Å². The molecule has 4 rings (SSSR count). The third-order valence-corrected chi connectivity index (χ3v) is 6.61. The van der Waals surface area contributed by atoms with Gasteiger partial charge >= 0.3 is 0 Å². The van der Waals surface area contributed by atoms with Crippen molar-refractivity contribution in [2.75, 3.05) is 39.3 Å². The molecule has 0 spiro atoms. The van der Waals surface area contributed by atoms with Gasteiger partial charge in [0.2, 0.25) is 29.1 Å². The second-order valence-electron chi connectivity index (χ2n) is 8.30. The van der Waals surface area contributed by atoms with E-state index in [1.807, 2.05) is 0 Å². The van der Waals surface area contributed by atoms with Gasteiger partial charge in [-0.15, -0.1) is 0 Å². The third kappa shape index (κ3) is 3.93. The zero-order chi connectivity index (χ0) is 20.7. The van der Waals surface area contributed by atoms with Crippen LogP contribution in [0.15, 0.2) is 0 Å². The van der Waals surface area contributed by atoms with Crippen molar-refractivity contribution in [1.29, 1.82) is 0 Å². The first-order chi connectivity index (χ1) is 13.8. The quantitative estimate of drug-likeness (QED) is 0.418. The summed E-state index contributed by atoms with van der Waals surface area (Å²) in [6.07, 6.45) is 5.31. The molecule has 0 N–H and O–H groups in total.